The quantitative estimate of drug-likeness (QED) is 0.459. The van der Waals surface area contributed by atoms with Crippen LogP contribution in [0.15, 0.2) is 65.1 Å². The number of benzene rings is 2. The van der Waals surface area contributed by atoms with Gasteiger partial charge >= 0.3 is 5.97 Å². The Morgan fingerprint density at radius 1 is 1.11 bits per heavy atom. The van der Waals surface area contributed by atoms with E-state index in [0.29, 0.717) is 16.1 Å². The van der Waals surface area contributed by atoms with Crippen LogP contribution in [0.1, 0.15) is 17.5 Å². The molecule has 0 aliphatic carbocycles. The molecule has 0 radical (unpaired) electrons. The number of carbonyl (C=O) groups is 1. The number of nitrogens with two attached hydrogens (primary N) is 1. The third-order valence-electron chi connectivity index (χ3n) is 4.38. The molecule has 4 rings (SSSR count). The summed E-state index contributed by atoms with van der Waals surface area (Å²) in [6.07, 6.45) is 0. The minimum atomic E-state index is -0.610. The highest BCUT2D eigenvalue weighted by Gasteiger charge is 2.24. The molecule has 0 aliphatic rings. The number of pyridine rings is 1. The fourth-order valence-electron chi connectivity index (χ4n) is 3.08. The number of fused-ring (bicyclic) bond motifs is 1. The fourth-order valence-corrected chi connectivity index (χ4v) is 3.21. The van der Waals surface area contributed by atoms with Crippen LogP contribution in [-0.4, -0.2) is 17.6 Å². The van der Waals surface area contributed by atoms with Gasteiger partial charge in [-0.2, -0.15) is 0 Å². The van der Waals surface area contributed by atoms with Crippen LogP contribution in [0.3, 0.4) is 0 Å². The summed E-state index contributed by atoms with van der Waals surface area (Å²) in [4.78, 5) is 16.8. The van der Waals surface area contributed by atoms with Gasteiger partial charge in [0.2, 0.25) is 11.5 Å². The Labute approximate surface area is 166 Å². The zero-order chi connectivity index (χ0) is 19.7. The molecule has 0 saturated carbocycles. The van der Waals surface area contributed by atoms with Gasteiger partial charge in [-0.25, -0.2) is 9.78 Å². The maximum absolute atomic E-state index is 12.2. The number of rotatable bonds is 4. The molecule has 5 nitrogen and oxygen atoms in total. The van der Waals surface area contributed by atoms with Crippen LogP contribution in [0, 0.1) is 0 Å². The van der Waals surface area contributed by atoms with Crippen LogP contribution in [-0.2, 0) is 4.74 Å². The van der Waals surface area contributed by atoms with Gasteiger partial charge in [0.15, 0.2) is 0 Å². The van der Waals surface area contributed by atoms with Crippen LogP contribution in [0.4, 0.5) is 5.69 Å². The molecule has 4 aromatic rings. The van der Waals surface area contributed by atoms with E-state index in [2.05, 4.69) is 4.98 Å². The molecule has 0 atom stereocenters. The van der Waals surface area contributed by atoms with Crippen molar-refractivity contribution < 1.29 is 13.9 Å². The summed E-state index contributed by atoms with van der Waals surface area (Å²) in [5.41, 5.74) is 10.1. The normalized spacial score (nSPS) is 10.9. The lowest BCUT2D eigenvalue weighted by molar-refractivity contribution is 0.0494. The summed E-state index contributed by atoms with van der Waals surface area (Å²) < 4.78 is 10.8. The smallest absolute Gasteiger partial charge is 0.376 e. The van der Waals surface area contributed by atoms with E-state index in [-0.39, 0.29) is 23.8 Å². The second-order valence-electron chi connectivity index (χ2n) is 6.17. The van der Waals surface area contributed by atoms with Crippen LogP contribution in [0.25, 0.3) is 33.5 Å². The standard InChI is InChI=1S/C22H17ClN2O3/c1-2-27-22(26)20-19(24)18-16(13-8-10-15(23)11-9-13)12-17(25-21(18)28-20)14-6-4-3-5-7-14/h3-12H,2,24H2,1H3. The largest absolute Gasteiger partial charge is 0.460 e. The number of furan rings is 1. The molecular formula is C22H17ClN2O3. The second kappa shape index (κ2) is 7.37. The molecule has 2 aromatic heterocycles. The number of nitrogen functional groups attached to an aromatic ring is 1. The number of hydrogen-bond acceptors (Lipinski definition) is 5. The molecule has 0 fully saturated rings. The number of ether oxygens (including phenoxy) is 1. The average molecular weight is 393 g/mol. The number of halogens is 1. The fraction of sp³-hybridized carbons (Fsp3) is 0.0909. The van der Waals surface area contributed by atoms with E-state index in [9.17, 15) is 4.79 Å². The molecular weight excluding hydrogens is 376 g/mol. The first-order valence-corrected chi connectivity index (χ1v) is 9.17. The Bertz CT molecular complexity index is 1150. The monoisotopic (exact) mass is 392 g/mol. The van der Waals surface area contributed by atoms with Crippen molar-refractivity contribution in [3.63, 3.8) is 0 Å². The van der Waals surface area contributed by atoms with Crippen molar-refractivity contribution in [2.75, 3.05) is 12.3 Å². The number of nitrogens with zero attached hydrogens (tertiary/aromatic N) is 1. The highest BCUT2D eigenvalue weighted by Crippen LogP contribution is 2.38. The lowest BCUT2D eigenvalue weighted by atomic mass is 9.99. The van der Waals surface area contributed by atoms with Crippen LogP contribution < -0.4 is 5.73 Å². The first-order chi connectivity index (χ1) is 13.6. The van der Waals surface area contributed by atoms with Crippen LogP contribution in [0.5, 0.6) is 0 Å². The van der Waals surface area contributed by atoms with E-state index in [1.807, 2.05) is 48.5 Å². The number of esters is 1. The molecule has 0 aliphatic heterocycles. The maximum Gasteiger partial charge on any atom is 0.376 e. The molecule has 6 heteroatoms. The van der Waals surface area contributed by atoms with Gasteiger partial charge in [-0.05, 0) is 36.2 Å². The molecule has 140 valence electrons. The lowest BCUT2D eigenvalue weighted by Gasteiger charge is -2.08. The average Bonchev–Trinajstić information content (AvgIpc) is 3.05. The molecule has 2 heterocycles. The summed E-state index contributed by atoms with van der Waals surface area (Å²) in [7, 11) is 0. The maximum atomic E-state index is 12.2. The van der Waals surface area contributed by atoms with Gasteiger partial charge in [0.25, 0.3) is 0 Å². The summed E-state index contributed by atoms with van der Waals surface area (Å²) in [6.45, 7) is 1.95. The van der Waals surface area contributed by atoms with Crippen molar-refractivity contribution in [3.8, 4) is 22.4 Å². The predicted octanol–water partition coefficient (Wildman–Crippen LogP) is 5.57. The Hall–Kier alpha value is -3.31. The van der Waals surface area contributed by atoms with Crippen molar-refractivity contribution in [2.24, 2.45) is 0 Å². The molecule has 0 amide bonds. The van der Waals surface area contributed by atoms with E-state index < -0.39 is 5.97 Å². The third-order valence-corrected chi connectivity index (χ3v) is 4.64. The highest BCUT2D eigenvalue weighted by atomic mass is 35.5. The molecule has 2 aromatic carbocycles. The Morgan fingerprint density at radius 3 is 2.50 bits per heavy atom. The molecule has 0 saturated heterocycles. The van der Waals surface area contributed by atoms with E-state index in [1.54, 1.807) is 19.1 Å². The molecule has 0 bridgehead atoms. The topological polar surface area (TPSA) is 78.3 Å². The Kier molecular flexibility index (Phi) is 4.75. The first kappa shape index (κ1) is 18.1. The van der Waals surface area contributed by atoms with E-state index in [1.165, 1.54) is 0 Å². The van der Waals surface area contributed by atoms with Crippen LogP contribution in [0.2, 0.25) is 5.02 Å². The van der Waals surface area contributed by atoms with Gasteiger partial charge in [0, 0.05) is 10.6 Å². The zero-order valence-electron chi connectivity index (χ0n) is 15.1. The first-order valence-electron chi connectivity index (χ1n) is 8.80. The van der Waals surface area contributed by atoms with E-state index in [4.69, 9.17) is 26.5 Å². The Balaban J connectivity index is 2.00. The summed E-state index contributed by atoms with van der Waals surface area (Å²) in [5, 5.41) is 1.20. The molecule has 0 spiro atoms. The SMILES string of the molecule is CCOC(=O)c1oc2nc(-c3ccccc3)cc(-c3ccc(Cl)cc3)c2c1N. The molecule has 28 heavy (non-hydrogen) atoms. The third kappa shape index (κ3) is 3.21. The van der Waals surface area contributed by atoms with E-state index in [0.717, 1.165) is 16.7 Å². The summed E-state index contributed by atoms with van der Waals surface area (Å²) in [6, 6.07) is 19.0. The minimum absolute atomic E-state index is 0.0372. The number of carbonyl (C=O) groups excluding carboxylic acids is 1. The predicted molar refractivity (Wildman–Crippen MR) is 110 cm³/mol. The van der Waals surface area contributed by atoms with Gasteiger partial charge in [-0.3, -0.25) is 0 Å². The van der Waals surface area contributed by atoms with E-state index >= 15 is 0 Å². The van der Waals surface area contributed by atoms with Crippen molar-refractivity contribution in [1.29, 1.82) is 0 Å². The highest BCUT2D eigenvalue weighted by molar-refractivity contribution is 6.30. The number of anilines is 1. The number of aromatic nitrogens is 1. The number of hydrogen-bond donors (Lipinski definition) is 1. The lowest BCUT2D eigenvalue weighted by Crippen LogP contribution is -2.05. The molecule has 2 N–H and O–H groups in total. The van der Waals surface area contributed by atoms with Gasteiger partial charge in [0.05, 0.1) is 23.4 Å². The van der Waals surface area contributed by atoms with Gasteiger partial charge in [0.1, 0.15) is 0 Å². The van der Waals surface area contributed by atoms with Gasteiger partial charge < -0.3 is 14.9 Å². The minimum Gasteiger partial charge on any atom is -0.460 e. The van der Waals surface area contributed by atoms with Crippen molar-refractivity contribution in [1.82, 2.24) is 4.98 Å². The van der Waals surface area contributed by atoms with Gasteiger partial charge in [-0.15, -0.1) is 0 Å². The Morgan fingerprint density at radius 2 is 1.82 bits per heavy atom. The second-order valence-corrected chi connectivity index (χ2v) is 6.61. The summed E-state index contributed by atoms with van der Waals surface area (Å²) >= 11 is 6.04. The molecule has 0 unspecified atom stereocenters. The van der Waals surface area contributed by atoms with Crippen LogP contribution >= 0.6 is 11.6 Å². The van der Waals surface area contributed by atoms with Gasteiger partial charge in [-0.1, -0.05) is 54.1 Å². The van der Waals surface area contributed by atoms with Crippen molar-refractivity contribution >= 4 is 34.4 Å². The van der Waals surface area contributed by atoms with Crippen molar-refractivity contribution in [2.45, 2.75) is 6.92 Å². The summed E-state index contributed by atoms with van der Waals surface area (Å²) in [5.74, 6) is -0.647. The van der Waals surface area contributed by atoms with Crippen molar-refractivity contribution in [3.05, 3.63) is 71.4 Å². The zero-order valence-corrected chi connectivity index (χ0v) is 15.9.